The largest absolute Gasteiger partial charge is 0.389 e. The molecule has 0 amide bonds. The van der Waals surface area contributed by atoms with Gasteiger partial charge in [0.15, 0.2) is 0 Å². The van der Waals surface area contributed by atoms with Crippen molar-refractivity contribution in [1.82, 2.24) is 0 Å². The molecule has 0 heterocycles. The summed E-state index contributed by atoms with van der Waals surface area (Å²) in [5.74, 6) is -0.490. The van der Waals surface area contributed by atoms with Crippen LogP contribution in [0, 0.1) is 5.82 Å². The Hall–Kier alpha value is -0.880. The summed E-state index contributed by atoms with van der Waals surface area (Å²) in [6, 6.07) is 7.70. The summed E-state index contributed by atoms with van der Waals surface area (Å²) in [6.07, 6.45) is 0. The lowest BCUT2D eigenvalue weighted by atomic mass is 10.2. The highest BCUT2D eigenvalue weighted by atomic mass is 79.9. The normalized spacial score (nSPS) is 10.4. The van der Waals surface area contributed by atoms with Crippen molar-refractivity contribution < 1.29 is 4.39 Å². The molecule has 0 fully saturated rings. The summed E-state index contributed by atoms with van der Waals surface area (Å²) < 4.78 is 13.9. The molecular weight excluding hydrogens is 386 g/mol. The van der Waals surface area contributed by atoms with Gasteiger partial charge in [0.25, 0.3) is 0 Å². The van der Waals surface area contributed by atoms with Crippen molar-refractivity contribution in [3.63, 3.8) is 0 Å². The van der Waals surface area contributed by atoms with Crippen LogP contribution in [0.4, 0.5) is 15.8 Å². The van der Waals surface area contributed by atoms with Crippen LogP contribution in [0.5, 0.6) is 0 Å². The number of hydrogen-bond acceptors (Lipinski definition) is 2. The lowest BCUT2D eigenvalue weighted by molar-refractivity contribution is 0.628. The maximum Gasteiger partial charge on any atom is 0.126 e. The van der Waals surface area contributed by atoms with E-state index < -0.39 is 5.82 Å². The molecule has 20 heavy (non-hydrogen) atoms. The van der Waals surface area contributed by atoms with Gasteiger partial charge in [-0.2, -0.15) is 0 Å². The van der Waals surface area contributed by atoms with Crippen molar-refractivity contribution in [2.45, 2.75) is 0 Å². The molecule has 0 saturated heterocycles. The van der Waals surface area contributed by atoms with Gasteiger partial charge in [0, 0.05) is 15.7 Å². The molecular formula is C13H8BrCl2FN2S. The predicted molar refractivity (Wildman–Crippen MR) is 89.7 cm³/mol. The molecule has 0 saturated carbocycles. The zero-order valence-electron chi connectivity index (χ0n) is 9.88. The van der Waals surface area contributed by atoms with E-state index in [1.54, 1.807) is 18.2 Å². The maximum atomic E-state index is 13.1. The molecule has 0 spiro atoms. The average Bonchev–Trinajstić information content (AvgIpc) is 2.33. The van der Waals surface area contributed by atoms with E-state index in [2.05, 4.69) is 21.2 Å². The van der Waals surface area contributed by atoms with Gasteiger partial charge in [-0.25, -0.2) is 4.39 Å². The van der Waals surface area contributed by atoms with Crippen LogP contribution in [0.1, 0.15) is 5.56 Å². The van der Waals surface area contributed by atoms with Crippen molar-refractivity contribution >= 4 is 67.7 Å². The Labute approximate surface area is 139 Å². The molecule has 0 unspecified atom stereocenters. The lowest BCUT2D eigenvalue weighted by Crippen LogP contribution is -2.10. The Bertz CT molecular complexity index is 671. The minimum Gasteiger partial charge on any atom is -0.389 e. The number of thiocarbonyl (C=S) groups is 1. The minimum atomic E-state index is -0.490. The van der Waals surface area contributed by atoms with Gasteiger partial charge in [-0.05, 0) is 46.3 Å². The van der Waals surface area contributed by atoms with Crippen LogP contribution in [0.15, 0.2) is 34.8 Å². The van der Waals surface area contributed by atoms with Gasteiger partial charge in [-0.3, -0.25) is 0 Å². The van der Waals surface area contributed by atoms with Crippen LogP contribution in [-0.4, -0.2) is 4.99 Å². The fraction of sp³-hybridized carbons (Fsp3) is 0. The summed E-state index contributed by atoms with van der Waals surface area (Å²) in [5, 5.41) is 3.43. The quantitative estimate of drug-likeness (QED) is 0.697. The van der Waals surface area contributed by atoms with Crippen molar-refractivity contribution in [1.29, 1.82) is 0 Å². The van der Waals surface area contributed by atoms with E-state index >= 15 is 0 Å². The van der Waals surface area contributed by atoms with Gasteiger partial charge >= 0.3 is 0 Å². The second-order valence-electron chi connectivity index (χ2n) is 3.93. The summed E-state index contributed by atoms with van der Waals surface area (Å²) in [7, 11) is 0. The fourth-order valence-electron chi connectivity index (χ4n) is 1.60. The Morgan fingerprint density at radius 2 is 1.80 bits per heavy atom. The maximum absolute atomic E-state index is 13.1. The van der Waals surface area contributed by atoms with Crippen LogP contribution >= 0.6 is 51.3 Å². The summed E-state index contributed by atoms with van der Waals surface area (Å²) >= 11 is 20.2. The SMILES string of the molecule is NC(=S)c1ccc(Nc2c(Cl)cc(F)cc2Cl)cc1Br. The number of halogens is 4. The van der Waals surface area contributed by atoms with Crippen LogP contribution < -0.4 is 11.1 Å². The number of rotatable bonds is 3. The molecule has 0 aliphatic heterocycles. The number of nitrogens with two attached hydrogens (primary N) is 1. The van der Waals surface area contributed by atoms with Crippen molar-refractivity contribution in [3.05, 3.63) is 56.2 Å². The van der Waals surface area contributed by atoms with Crippen LogP contribution in [0.3, 0.4) is 0 Å². The van der Waals surface area contributed by atoms with Gasteiger partial charge in [0.2, 0.25) is 0 Å². The van der Waals surface area contributed by atoms with Gasteiger partial charge in [0.1, 0.15) is 10.8 Å². The van der Waals surface area contributed by atoms with E-state index in [9.17, 15) is 4.39 Å². The third-order valence-corrected chi connectivity index (χ3v) is 3.98. The highest BCUT2D eigenvalue weighted by Gasteiger charge is 2.10. The van der Waals surface area contributed by atoms with Gasteiger partial charge in [0.05, 0.1) is 15.7 Å². The first kappa shape index (κ1) is 15.5. The highest BCUT2D eigenvalue weighted by Crippen LogP contribution is 2.34. The summed E-state index contributed by atoms with van der Waals surface area (Å²) in [4.78, 5) is 0.293. The van der Waals surface area contributed by atoms with Gasteiger partial charge in [-0.15, -0.1) is 0 Å². The van der Waals surface area contributed by atoms with Gasteiger partial charge < -0.3 is 11.1 Å². The highest BCUT2D eigenvalue weighted by molar-refractivity contribution is 9.10. The number of hydrogen-bond donors (Lipinski definition) is 2. The topological polar surface area (TPSA) is 38.0 Å². The van der Waals surface area contributed by atoms with E-state index in [1.165, 1.54) is 12.1 Å². The average molecular weight is 394 g/mol. The second-order valence-corrected chi connectivity index (χ2v) is 6.04. The van der Waals surface area contributed by atoms with E-state index in [-0.39, 0.29) is 10.0 Å². The van der Waals surface area contributed by atoms with E-state index in [0.29, 0.717) is 16.4 Å². The molecule has 2 rings (SSSR count). The molecule has 104 valence electrons. The molecule has 0 aliphatic rings. The Morgan fingerprint density at radius 3 is 2.30 bits per heavy atom. The second kappa shape index (κ2) is 6.26. The Morgan fingerprint density at radius 1 is 1.20 bits per heavy atom. The Kier molecular flexibility index (Phi) is 4.86. The van der Waals surface area contributed by atoms with E-state index in [4.69, 9.17) is 41.2 Å². The third kappa shape index (κ3) is 3.41. The van der Waals surface area contributed by atoms with E-state index in [0.717, 1.165) is 10.0 Å². The van der Waals surface area contributed by atoms with E-state index in [1.807, 2.05) is 0 Å². The first-order valence-electron chi connectivity index (χ1n) is 5.39. The number of nitrogens with one attached hydrogen (secondary N) is 1. The summed E-state index contributed by atoms with van der Waals surface area (Å²) in [6.45, 7) is 0. The number of benzene rings is 2. The third-order valence-electron chi connectivity index (χ3n) is 2.51. The smallest absolute Gasteiger partial charge is 0.126 e. The van der Waals surface area contributed by atoms with Crippen LogP contribution in [-0.2, 0) is 0 Å². The molecule has 0 atom stereocenters. The lowest BCUT2D eigenvalue weighted by Gasteiger charge is -2.12. The monoisotopic (exact) mass is 392 g/mol. The minimum absolute atomic E-state index is 0.199. The molecule has 0 aliphatic carbocycles. The van der Waals surface area contributed by atoms with Crippen LogP contribution in [0.2, 0.25) is 10.0 Å². The zero-order chi connectivity index (χ0) is 14.9. The molecule has 0 radical (unpaired) electrons. The zero-order valence-corrected chi connectivity index (χ0v) is 13.8. The number of anilines is 2. The molecule has 7 heteroatoms. The standard InChI is InChI=1S/C13H8BrCl2FN2S/c14-9-5-7(1-2-8(9)13(18)20)19-12-10(15)3-6(17)4-11(12)16/h1-5,19H,(H2,18,20). The van der Waals surface area contributed by atoms with Crippen molar-refractivity contribution in [2.75, 3.05) is 5.32 Å². The Balaban J connectivity index is 2.36. The molecule has 2 aromatic rings. The fourth-order valence-corrected chi connectivity index (χ4v) is 3.06. The molecule has 0 bridgehead atoms. The van der Waals surface area contributed by atoms with Crippen LogP contribution in [0.25, 0.3) is 0 Å². The first-order chi connectivity index (χ1) is 9.38. The first-order valence-corrected chi connectivity index (χ1v) is 7.35. The molecule has 2 aromatic carbocycles. The van der Waals surface area contributed by atoms with Gasteiger partial charge in [-0.1, -0.05) is 35.4 Å². The molecule has 0 aromatic heterocycles. The predicted octanol–water partition coefficient (Wildman–Crippen LogP) is 5.27. The van der Waals surface area contributed by atoms with Crippen molar-refractivity contribution in [3.8, 4) is 0 Å². The van der Waals surface area contributed by atoms with Crippen molar-refractivity contribution in [2.24, 2.45) is 5.73 Å². The molecule has 2 nitrogen and oxygen atoms in total. The summed E-state index contributed by atoms with van der Waals surface area (Å²) in [5.41, 5.74) is 7.45. The molecule has 3 N–H and O–H groups in total.